The molecule has 0 atom stereocenters. The molecular formula is C22H28NO+. The molecule has 0 amide bonds. The Morgan fingerprint density at radius 1 is 0.833 bits per heavy atom. The lowest BCUT2D eigenvalue weighted by atomic mass is 9.73. The number of nitrogens with zero attached hydrogens (tertiary/aromatic N) is 1. The van der Waals surface area contributed by atoms with Gasteiger partial charge in [-0.3, -0.25) is 0 Å². The van der Waals surface area contributed by atoms with Gasteiger partial charge >= 0.3 is 5.90 Å². The Kier molecular flexibility index (Phi) is 5.34. The molecule has 2 heteroatoms. The van der Waals surface area contributed by atoms with Crippen molar-refractivity contribution in [2.24, 2.45) is 0 Å². The van der Waals surface area contributed by atoms with Crippen LogP contribution in [0.25, 0.3) is 0 Å². The fourth-order valence-electron chi connectivity index (χ4n) is 3.89. The second kappa shape index (κ2) is 7.65. The number of hydrogen-bond acceptors (Lipinski definition) is 1. The van der Waals surface area contributed by atoms with Crippen molar-refractivity contribution >= 4 is 5.90 Å². The Hall–Kier alpha value is -2.09. The van der Waals surface area contributed by atoms with Crippen LogP contribution in [0.1, 0.15) is 44.2 Å². The van der Waals surface area contributed by atoms with E-state index in [1.54, 1.807) is 0 Å². The highest BCUT2D eigenvalue weighted by Gasteiger charge is 2.51. The lowest BCUT2D eigenvalue weighted by Gasteiger charge is -2.27. The summed E-state index contributed by atoms with van der Waals surface area (Å²) >= 11 is 0. The quantitative estimate of drug-likeness (QED) is 0.707. The van der Waals surface area contributed by atoms with E-state index in [1.807, 2.05) is 0 Å². The molecule has 0 unspecified atom stereocenters. The van der Waals surface area contributed by atoms with Crippen LogP contribution in [0.3, 0.4) is 0 Å². The number of benzene rings is 2. The van der Waals surface area contributed by atoms with Crippen LogP contribution < -0.4 is 0 Å². The summed E-state index contributed by atoms with van der Waals surface area (Å²) < 4.78 is 8.75. The minimum atomic E-state index is -0.160. The van der Waals surface area contributed by atoms with Crippen LogP contribution in [-0.2, 0) is 10.2 Å². The number of ether oxygens (including phenoxy) is 1. The zero-order valence-corrected chi connectivity index (χ0v) is 14.9. The van der Waals surface area contributed by atoms with Crippen molar-refractivity contribution in [2.75, 3.05) is 19.7 Å². The van der Waals surface area contributed by atoms with Crippen molar-refractivity contribution in [2.45, 2.75) is 38.5 Å². The largest absolute Gasteiger partial charge is 0.447 e. The predicted octanol–water partition coefficient (Wildman–Crippen LogP) is 4.62. The molecule has 2 aromatic rings. The molecule has 0 spiro atoms. The van der Waals surface area contributed by atoms with Gasteiger partial charge in [-0.25, -0.2) is 4.58 Å². The van der Waals surface area contributed by atoms with E-state index in [1.165, 1.54) is 11.1 Å². The summed E-state index contributed by atoms with van der Waals surface area (Å²) in [5.41, 5.74) is 2.51. The van der Waals surface area contributed by atoms with E-state index in [0.717, 1.165) is 44.9 Å². The maximum atomic E-state index is 6.29. The average molecular weight is 322 g/mol. The topological polar surface area (TPSA) is 12.2 Å². The molecule has 1 heterocycles. The van der Waals surface area contributed by atoms with Gasteiger partial charge in [-0.1, -0.05) is 74.5 Å². The predicted molar refractivity (Wildman–Crippen MR) is 99.8 cm³/mol. The van der Waals surface area contributed by atoms with Crippen LogP contribution in [0, 0.1) is 0 Å². The molecule has 1 aliphatic rings. The van der Waals surface area contributed by atoms with Crippen LogP contribution in [-0.4, -0.2) is 30.2 Å². The molecule has 0 aliphatic carbocycles. The van der Waals surface area contributed by atoms with Crippen molar-refractivity contribution < 1.29 is 9.31 Å². The van der Waals surface area contributed by atoms with E-state index in [9.17, 15) is 0 Å². The highest BCUT2D eigenvalue weighted by atomic mass is 16.5. The van der Waals surface area contributed by atoms with Gasteiger partial charge in [0.15, 0.2) is 0 Å². The molecule has 2 nitrogen and oxygen atoms in total. The number of hydrogen-bond donors (Lipinski definition) is 0. The van der Waals surface area contributed by atoms with Gasteiger partial charge in [0, 0.05) is 19.3 Å². The highest BCUT2D eigenvalue weighted by molar-refractivity contribution is 5.90. The summed E-state index contributed by atoms with van der Waals surface area (Å²) in [7, 11) is 0. The molecule has 1 saturated heterocycles. The SMILES string of the molecule is CCC[N+](CCC)=C1OCCC1(c1ccccc1)c1ccccc1. The van der Waals surface area contributed by atoms with Gasteiger partial charge in [0.2, 0.25) is 0 Å². The molecular weight excluding hydrogens is 294 g/mol. The molecule has 3 rings (SSSR count). The molecule has 1 fully saturated rings. The van der Waals surface area contributed by atoms with E-state index >= 15 is 0 Å². The van der Waals surface area contributed by atoms with Gasteiger partial charge in [0.1, 0.15) is 18.5 Å². The molecule has 0 bridgehead atoms. The second-order valence-corrected chi connectivity index (χ2v) is 6.53. The monoisotopic (exact) mass is 322 g/mol. The zero-order valence-electron chi connectivity index (χ0n) is 14.9. The van der Waals surface area contributed by atoms with Gasteiger partial charge in [0.05, 0.1) is 6.61 Å². The first-order valence-electron chi connectivity index (χ1n) is 9.19. The van der Waals surface area contributed by atoms with Crippen LogP contribution in [0.5, 0.6) is 0 Å². The summed E-state index contributed by atoms with van der Waals surface area (Å²) in [6.07, 6.45) is 3.26. The Morgan fingerprint density at radius 2 is 1.33 bits per heavy atom. The van der Waals surface area contributed by atoms with E-state index in [-0.39, 0.29) is 5.41 Å². The van der Waals surface area contributed by atoms with Crippen molar-refractivity contribution in [3.8, 4) is 0 Å². The van der Waals surface area contributed by atoms with Crippen LogP contribution in [0.4, 0.5) is 0 Å². The fourth-order valence-corrected chi connectivity index (χ4v) is 3.89. The standard InChI is InChI=1S/C22H28NO/c1-3-16-23(17-4-2)21-22(15-18-24-21,19-11-7-5-8-12-19)20-13-9-6-10-14-20/h5-14H,3-4,15-18H2,1-2H3/q+1. The summed E-state index contributed by atoms with van der Waals surface area (Å²) in [6, 6.07) is 21.7. The minimum absolute atomic E-state index is 0.160. The number of rotatable bonds is 6. The van der Waals surface area contributed by atoms with Gasteiger partial charge in [-0.05, 0) is 11.1 Å². The second-order valence-electron chi connectivity index (χ2n) is 6.53. The van der Waals surface area contributed by atoms with E-state index in [0.29, 0.717) is 0 Å². The fraction of sp³-hybridized carbons (Fsp3) is 0.409. The molecule has 0 aromatic heterocycles. The molecule has 0 radical (unpaired) electrons. The summed E-state index contributed by atoms with van der Waals surface area (Å²) in [5, 5.41) is 0. The maximum Gasteiger partial charge on any atom is 0.351 e. The first kappa shape index (κ1) is 16.8. The minimum Gasteiger partial charge on any atom is -0.447 e. The maximum absolute atomic E-state index is 6.29. The van der Waals surface area contributed by atoms with Crippen molar-refractivity contribution in [3.63, 3.8) is 0 Å². The Balaban J connectivity index is 2.23. The van der Waals surface area contributed by atoms with E-state index in [4.69, 9.17) is 4.74 Å². The molecule has 0 saturated carbocycles. The molecule has 24 heavy (non-hydrogen) atoms. The lowest BCUT2D eigenvalue weighted by Crippen LogP contribution is -2.40. The Labute approximate surface area is 145 Å². The summed E-state index contributed by atoms with van der Waals surface area (Å²) in [4.78, 5) is 0. The normalized spacial score (nSPS) is 16.0. The van der Waals surface area contributed by atoms with Crippen molar-refractivity contribution in [1.29, 1.82) is 0 Å². The molecule has 2 aromatic carbocycles. The van der Waals surface area contributed by atoms with Crippen molar-refractivity contribution in [1.82, 2.24) is 0 Å². The van der Waals surface area contributed by atoms with Gasteiger partial charge in [0.25, 0.3) is 0 Å². The van der Waals surface area contributed by atoms with Gasteiger partial charge in [-0.2, -0.15) is 0 Å². The van der Waals surface area contributed by atoms with Gasteiger partial charge in [-0.15, -0.1) is 0 Å². The molecule has 0 N–H and O–H groups in total. The average Bonchev–Trinajstić information content (AvgIpc) is 3.09. The Bertz CT molecular complexity index is 628. The third kappa shape index (κ3) is 2.98. The smallest absolute Gasteiger partial charge is 0.351 e. The summed E-state index contributed by atoms with van der Waals surface area (Å²) in [6.45, 7) is 7.36. The van der Waals surface area contributed by atoms with Crippen molar-refractivity contribution in [3.05, 3.63) is 71.8 Å². The van der Waals surface area contributed by atoms with E-state index < -0.39 is 0 Å². The zero-order chi connectivity index (χ0) is 16.8. The Morgan fingerprint density at radius 3 is 1.79 bits per heavy atom. The summed E-state index contributed by atoms with van der Waals surface area (Å²) in [5.74, 6) is 1.14. The van der Waals surface area contributed by atoms with Crippen LogP contribution in [0.2, 0.25) is 0 Å². The van der Waals surface area contributed by atoms with Gasteiger partial charge < -0.3 is 4.74 Å². The third-order valence-electron chi connectivity index (χ3n) is 4.89. The lowest BCUT2D eigenvalue weighted by molar-refractivity contribution is -0.537. The van der Waals surface area contributed by atoms with Crippen LogP contribution >= 0.6 is 0 Å². The van der Waals surface area contributed by atoms with E-state index in [2.05, 4.69) is 79.1 Å². The molecule has 126 valence electrons. The van der Waals surface area contributed by atoms with Crippen LogP contribution in [0.15, 0.2) is 60.7 Å². The first-order valence-corrected chi connectivity index (χ1v) is 9.19. The molecule has 1 aliphatic heterocycles. The highest BCUT2D eigenvalue weighted by Crippen LogP contribution is 2.41. The third-order valence-corrected chi connectivity index (χ3v) is 4.89. The first-order chi connectivity index (χ1) is 11.8.